The fourth-order valence-electron chi connectivity index (χ4n) is 3.08. The lowest BCUT2D eigenvalue weighted by Gasteiger charge is -2.31. The first-order chi connectivity index (χ1) is 11.3. The lowest BCUT2D eigenvalue weighted by molar-refractivity contribution is 0.0382. The van der Waals surface area contributed by atoms with Crippen LogP contribution in [0.3, 0.4) is 0 Å². The molecular weight excluding hydrogens is 294 g/mol. The number of fused-ring (bicyclic) bond motifs is 4. The predicted octanol–water partition coefficient (Wildman–Crippen LogP) is 2.62. The Hall–Kier alpha value is -1.85. The van der Waals surface area contributed by atoms with Crippen molar-refractivity contribution in [3.63, 3.8) is 0 Å². The molecule has 0 aromatic heterocycles. The third-order valence-corrected chi connectivity index (χ3v) is 4.30. The predicted molar refractivity (Wildman–Crippen MR) is 86.8 cm³/mol. The maximum absolute atomic E-state index is 11.8. The maximum atomic E-state index is 11.8. The van der Waals surface area contributed by atoms with E-state index in [0.717, 1.165) is 37.1 Å². The van der Waals surface area contributed by atoms with Crippen molar-refractivity contribution in [3.05, 3.63) is 41.5 Å². The highest BCUT2D eigenvalue weighted by Gasteiger charge is 2.26. The van der Waals surface area contributed by atoms with Crippen LogP contribution in [-0.2, 0) is 9.47 Å². The van der Waals surface area contributed by atoms with Crippen LogP contribution in [0.5, 0.6) is 5.75 Å². The van der Waals surface area contributed by atoms with E-state index in [1.807, 2.05) is 12.1 Å². The Labute approximate surface area is 136 Å². The van der Waals surface area contributed by atoms with Crippen molar-refractivity contribution >= 4 is 5.97 Å². The summed E-state index contributed by atoms with van der Waals surface area (Å²) in [4.78, 5) is 11.8. The second-order valence-corrected chi connectivity index (χ2v) is 5.84. The standard InChI is InChI=1S/C18H23NO4/c1-21-18(20)13-5-6-15-16-12-14(7-8-19-16)22-9-3-2-4-10-23-17(15)11-13/h2-3,5-6,11,14,16,19H,4,7-10,12H2,1H3/b3-2-/t14-,16-/m0/s1. The monoisotopic (exact) mass is 317 g/mol. The smallest absolute Gasteiger partial charge is 0.337 e. The topological polar surface area (TPSA) is 56.8 Å². The molecule has 2 atom stereocenters. The summed E-state index contributed by atoms with van der Waals surface area (Å²) in [5.41, 5.74) is 1.59. The lowest BCUT2D eigenvalue weighted by atomic mass is 9.94. The molecule has 5 heteroatoms. The van der Waals surface area contributed by atoms with Crippen LogP contribution in [0.1, 0.15) is 41.2 Å². The van der Waals surface area contributed by atoms with E-state index < -0.39 is 0 Å². The van der Waals surface area contributed by atoms with Gasteiger partial charge in [-0.05, 0) is 37.9 Å². The minimum atomic E-state index is -0.347. The summed E-state index contributed by atoms with van der Waals surface area (Å²) in [5, 5.41) is 3.53. The molecule has 3 rings (SSSR count). The first-order valence-electron chi connectivity index (χ1n) is 8.13. The zero-order valence-electron chi connectivity index (χ0n) is 13.4. The van der Waals surface area contributed by atoms with Gasteiger partial charge >= 0.3 is 5.97 Å². The molecule has 1 fully saturated rings. The van der Waals surface area contributed by atoms with Gasteiger partial charge in [-0.2, -0.15) is 0 Å². The number of methoxy groups -OCH3 is 1. The molecule has 2 heterocycles. The van der Waals surface area contributed by atoms with Crippen LogP contribution in [0, 0.1) is 0 Å². The summed E-state index contributed by atoms with van der Waals surface area (Å²) in [6.07, 6.45) is 7.10. The molecule has 0 amide bonds. The second kappa shape index (κ2) is 7.62. The number of hydrogen-bond acceptors (Lipinski definition) is 5. The van der Waals surface area contributed by atoms with Crippen LogP contribution in [0.4, 0.5) is 0 Å². The first-order valence-corrected chi connectivity index (χ1v) is 8.13. The fourth-order valence-corrected chi connectivity index (χ4v) is 3.08. The molecule has 0 unspecified atom stereocenters. The molecule has 23 heavy (non-hydrogen) atoms. The van der Waals surface area contributed by atoms with Crippen molar-refractivity contribution in [3.8, 4) is 5.75 Å². The summed E-state index contributed by atoms with van der Waals surface area (Å²) in [5.74, 6) is 0.403. The first kappa shape index (κ1) is 16.0. The molecule has 2 aliphatic rings. The Balaban J connectivity index is 1.91. The Morgan fingerprint density at radius 1 is 1.35 bits per heavy atom. The van der Waals surface area contributed by atoms with E-state index in [1.54, 1.807) is 12.1 Å². The molecule has 124 valence electrons. The number of carbonyl (C=O) groups is 1. The van der Waals surface area contributed by atoms with Crippen LogP contribution in [0.15, 0.2) is 30.4 Å². The van der Waals surface area contributed by atoms with E-state index in [1.165, 1.54) is 7.11 Å². The lowest BCUT2D eigenvalue weighted by Crippen LogP contribution is -2.36. The average molecular weight is 317 g/mol. The Kier molecular flexibility index (Phi) is 5.31. The average Bonchev–Trinajstić information content (AvgIpc) is 2.59. The fraction of sp³-hybridized carbons (Fsp3) is 0.500. The highest BCUT2D eigenvalue weighted by Crippen LogP contribution is 2.33. The van der Waals surface area contributed by atoms with Crippen LogP contribution in [0.25, 0.3) is 0 Å². The number of benzene rings is 1. The zero-order valence-corrected chi connectivity index (χ0v) is 13.4. The van der Waals surface area contributed by atoms with Gasteiger partial charge < -0.3 is 19.5 Å². The number of rotatable bonds is 1. The van der Waals surface area contributed by atoms with Crippen LogP contribution < -0.4 is 10.1 Å². The molecule has 1 N–H and O–H groups in total. The number of esters is 1. The zero-order chi connectivity index (χ0) is 16.1. The summed E-state index contributed by atoms with van der Waals surface area (Å²) in [6.45, 7) is 2.15. The van der Waals surface area contributed by atoms with Crippen LogP contribution in [0.2, 0.25) is 0 Å². The summed E-state index contributed by atoms with van der Waals surface area (Å²) < 4.78 is 16.7. The highest BCUT2D eigenvalue weighted by atomic mass is 16.5. The molecule has 0 saturated carbocycles. The largest absolute Gasteiger partial charge is 0.493 e. The van der Waals surface area contributed by atoms with Gasteiger partial charge in [-0.1, -0.05) is 18.2 Å². The van der Waals surface area contributed by atoms with Gasteiger partial charge in [0, 0.05) is 11.6 Å². The van der Waals surface area contributed by atoms with E-state index in [2.05, 4.69) is 11.4 Å². The van der Waals surface area contributed by atoms with Crippen molar-refractivity contribution in [1.82, 2.24) is 5.32 Å². The number of hydrogen-bond donors (Lipinski definition) is 1. The highest BCUT2D eigenvalue weighted by molar-refractivity contribution is 5.90. The Morgan fingerprint density at radius 2 is 2.26 bits per heavy atom. The number of piperidine rings is 1. The van der Waals surface area contributed by atoms with Crippen LogP contribution >= 0.6 is 0 Å². The van der Waals surface area contributed by atoms with Crippen molar-refractivity contribution in [2.24, 2.45) is 0 Å². The Morgan fingerprint density at radius 3 is 3.13 bits per heavy atom. The van der Waals surface area contributed by atoms with Gasteiger partial charge in [0.1, 0.15) is 5.75 Å². The van der Waals surface area contributed by atoms with Crippen molar-refractivity contribution in [1.29, 1.82) is 0 Å². The van der Waals surface area contributed by atoms with Gasteiger partial charge in [-0.25, -0.2) is 4.79 Å². The molecule has 2 bridgehead atoms. The Bertz CT molecular complexity index is 584. The summed E-state index contributed by atoms with van der Waals surface area (Å²) in [7, 11) is 1.39. The summed E-state index contributed by atoms with van der Waals surface area (Å²) in [6, 6.07) is 5.72. The van der Waals surface area contributed by atoms with Gasteiger partial charge in [0.15, 0.2) is 0 Å². The van der Waals surface area contributed by atoms with E-state index in [9.17, 15) is 4.79 Å². The molecule has 2 aliphatic heterocycles. The quantitative estimate of drug-likeness (QED) is 0.637. The van der Waals surface area contributed by atoms with Gasteiger partial charge in [-0.3, -0.25) is 0 Å². The van der Waals surface area contributed by atoms with E-state index in [4.69, 9.17) is 14.2 Å². The summed E-state index contributed by atoms with van der Waals surface area (Å²) >= 11 is 0. The molecule has 1 aromatic carbocycles. The third-order valence-electron chi connectivity index (χ3n) is 4.30. The van der Waals surface area contributed by atoms with Crippen molar-refractivity contribution in [2.45, 2.75) is 31.4 Å². The molecule has 1 saturated heterocycles. The maximum Gasteiger partial charge on any atom is 0.337 e. The van der Waals surface area contributed by atoms with Gasteiger partial charge in [0.25, 0.3) is 0 Å². The van der Waals surface area contributed by atoms with Crippen LogP contribution in [-0.4, -0.2) is 38.9 Å². The molecule has 5 nitrogen and oxygen atoms in total. The van der Waals surface area contributed by atoms with Crippen molar-refractivity contribution in [2.75, 3.05) is 26.9 Å². The van der Waals surface area contributed by atoms with E-state index in [0.29, 0.717) is 18.8 Å². The molecular formula is C18H23NO4. The van der Waals surface area contributed by atoms with Gasteiger partial charge in [0.05, 0.1) is 32.0 Å². The molecule has 0 radical (unpaired) electrons. The van der Waals surface area contributed by atoms with E-state index >= 15 is 0 Å². The molecule has 1 aromatic rings. The number of carbonyl (C=O) groups excluding carboxylic acids is 1. The van der Waals surface area contributed by atoms with Crippen molar-refractivity contribution < 1.29 is 19.0 Å². The third kappa shape index (κ3) is 3.92. The second-order valence-electron chi connectivity index (χ2n) is 5.84. The van der Waals surface area contributed by atoms with Gasteiger partial charge in [0.2, 0.25) is 0 Å². The van der Waals surface area contributed by atoms with Gasteiger partial charge in [-0.15, -0.1) is 0 Å². The minimum Gasteiger partial charge on any atom is -0.493 e. The van der Waals surface area contributed by atoms with E-state index in [-0.39, 0.29) is 18.1 Å². The number of nitrogens with one attached hydrogen (secondary N) is 1. The SMILES string of the molecule is COC(=O)c1ccc2c(c1)OCC/C=C\CO[C@H]1CCN[C@H]2C1. The number of ether oxygens (including phenoxy) is 3. The minimum absolute atomic E-state index is 0.179. The normalized spacial score (nSPS) is 26.0. The molecule has 0 spiro atoms. The molecule has 0 aliphatic carbocycles.